The molecule has 7 heteroatoms. The zero-order valence-corrected chi connectivity index (χ0v) is 14.1. The lowest BCUT2D eigenvalue weighted by Crippen LogP contribution is -2.29. The zero-order valence-electron chi connectivity index (χ0n) is 14.1. The number of nitro groups is 1. The minimum atomic E-state index is -0.983. The Hall–Kier alpha value is -3.66. The molecule has 2 aliphatic rings. The summed E-state index contributed by atoms with van der Waals surface area (Å²) in [6.45, 7) is 0. The quantitative estimate of drug-likeness (QED) is 0.485. The Morgan fingerprint density at radius 3 is 2.67 bits per heavy atom. The van der Waals surface area contributed by atoms with E-state index in [0.29, 0.717) is 5.69 Å². The highest BCUT2D eigenvalue weighted by Crippen LogP contribution is 2.51. The zero-order chi connectivity index (χ0) is 19.1. The number of rotatable bonds is 3. The van der Waals surface area contributed by atoms with Gasteiger partial charge in [0, 0.05) is 18.1 Å². The number of hydrogen-bond acceptors (Lipinski definition) is 5. The first kappa shape index (κ1) is 16.8. The third-order valence-electron chi connectivity index (χ3n) is 5.30. The van der Waals surface area contributed by atoms with Crippen molar-refractivity contribution < 1.29 is 14.8 Å². The van der Waals surface area contributed by atoms with Gasteiger partial charge in [-0.25, -0.2) is 4.79 Å². The molecule has 1 aliphatic carbocycles. The molecule has 0 unspecified atom stereocenters. The van der Waals surface area contributed by atoms with Gasteiger partial charge in [0.2, 0.25) is 0 Å². The van der Waals surface area contributed by atoms with E-state index < -0.39 is 10.9 Å². The number of benzene rings is 2. The summed E-state index contributed by atoms with van der Waals surface area (Å²) < 4.78 is 0. The molecule has 1 aliphatic heterocycles. The third kappa shape index (κ3) is 2.72. The number of anilines is 1. The van der Waals surface area contributed by atoms with E-state index in [1.807, 2.05) is 6.08 Å². The predicted octanol–water partition coefficient (Wildman–Crippen LogP) is 3.99. The molecule has 134 valence electrons. The molecule has 7 nitrogen and oxygen atoms in total. The van der Waals surface area contributed by atoms with E-state index in [1.165, 1.54) is 6.07 Å². The number of allylic oxidation sites excluding steroid dienone is 2. The van der Waals surface area contributed by atoms with E-state index in [1.54, 1.807) is 30.3 Å². The van der Waals surface area contributed by atoms with Crippen molar-refractivity contribution in [2.45, 2.75) is 18.4 Å². The maximum atomic E-state index is 11.2. The Kier molecular flexibility index (Phi) is 3.89. The van der Waals surface area contributed by atoms with Crippen LogP contribution in [0.15, 0.2) is 48.6 Å². The fraction of sp³-hybridized carbons (Fsp3) is 0.200. The predicted molar refractivity (Wildman–Crippen MR) is 97.6 cm³/mol. The summed E-state index contributed by atoms with van der Waals surface area (Å²) in [7, 11) is 0. The minimum Gasteiger partial charge on any atom is -0.478 e. The van der Waals surface area contributed by atoms with E-state index in [2.05, 4.69) is 17.5 Å². The van der Waals surface area contributed by atoms with Crippen molar-refractivity contribution in [2.24, 2.45) is 5.92 Å². The van der Waals surface area contributed by atoms with E-state index >= 15 is 0 Å². The SMILES string of the molecule is N#Cc1cc([N+](=O)[O-])cc2c1N[C@@H](c1ccc(C(=O)O)cc1)[C@H]1CC=C[C@@H]21. The van der Waals surface area contributed by atoms with Crippen LogP contribution in [-0.4, -0.2) is 16.0 Å². The highest BCUT2D eigenvalue weighted by Gasteiger charge is 2.39. The molecule has 0 bridgehead atoms. The highest BCUT2D eigenvalue weighted by molar-refractivity contribution is 5.87. The number of nitrogens with one attached hydrogen (secondary N) is 1. The van der Waals surface area contributed by atoms with Crippen LogP contribution in [0.2, 0.25) is 0 Å². The highest BCUT2D eigenvalue weighted by atomic mass is 16.6. The van der Waals surface area contributed by atoms with Gasteiger partial charge in [-0.3, -0.25) is 10.1 Å². The Morgan fingerprint density at radius 2 is 2.04 bits per heavy atom. The van der Waals surface area contributed by atoms with Crippen molar-refractivity contribution in [3.05, 3.63) is 80.9 Å². The molecule has 0 aromatic heterocycles. The van der Waals surface area contributed by atoms with Gasteiger partial charge in [0.15, 0.2) is 0 Å². The average molecular weight is 361 g/mol. The average Bonchev–Trinajstić information content (AvgIpc) is 3.16. The topological polar surface area (TPSA) is 116 Å². The number of nitrogens with zero attached hydrogens (tertiary/aromatic N) is 2. The van der Waals surface area contributed by atoms with Crippen LogP contribution in [0.1, 0.15) is 45.4 Å². The summed E-state index contributed by atoms with van der Waals surface area (Å²) in [4.78, 5) is 21.8. The van der Waals surface area contributed by atoms with Gasteiger partial charge in [0.1, 0.15) is 6.07 Å². The molecule has 0 saturated heterocycles. The normalized spacial score (nSPS) is 22.3. The van der Waals surface area contributed by atoms with E-state index in [4.69, 9.17) is 5.11 Å². The van der Waals surface area contributed by atoms with Crippen LogP contribution >= 0.6 is 0 Å². The van der Waals surface area contributed by atoms with E-state index in [0.717, 1.165) is 17.5 Å². The number of carboxylic acid groups (broad SMARTS) is 1. The Bertz CT molecular complexity index is 1020. The second kappa shape index (κ2) is 6.25. The molecular weight excluding hydrogens is 346 g/mol. The van der Waals surface area contributed by atoms with Gasteiger partial charge in [-0.15, -0.1) is 0 Å². The molecule has 0 fully saturated rings. The molecule has 2 aromatic carbocycles. The number of nitriles is 1. The summed E-state index contributed by atoms with van der Waals surface area (Å²) >= 11 is 0. The Labute approximate surface area is 154 Å². The van der Waals surface area contributed by atoms with Crippen molar-refractivity contribution in [1.29, 1.82) is 5.26 Å². The molecular formula is C20H15N3O4. The van der Waals surface area contributed by atoms with Gasteiger partial charge in [-0.1, -0.05) is 24.3 Å². The number of carbonyl (C=O) groups is 1. The monoisotopic (exact) mass is 361 g/mol. The summed E-state index contributed by atoms with van der Waals surface area (Å²) in [6.07, 6.45) is 4.89. The van der Waals surface area contributed by atoms with Crippen LogP contribution in [-0.2, 0) is 0 Å². The summed E-state index contributed by atoms with van der Waals surface area (Å²) in [5.74, 6) is -0.873. The van der Waals surface area contributed by atoms with Gasteiger partial charge in [0.25, 0.3) is 5.69 Å². The second-order valence-electron chi connectivity index (χ2n) is 6.73. The molecule has 0 saturated carbocycles. The van der Waals surface area contributed by atoms with Gasteiger partial charge in [-0.05, 0) is 35.6 Å². The van der Waals surface area contributed by atoms with Crippen molar-refractivity contribution in [1.82, 2.24) is 0 Å². The maximum absolute atomic E-state index is 11.2. The molecule has 1 heterocycles. The van der Waals surface area contributed by atoms with Crippen LogP contribution in [0.25, 0.3) is 0 Å². The van der Waals surface area contributed by atoms with Gasteiger partial charge < -0.3 is 10.4 Å². The van der Waals surface area contributed by atoms with Crippen LogP contribution in [0.5, 0.6) is 0 Å². The van der Waals surface area contributed by atoms with Crippen LogP contribution in [0.4, 0.5) is 11.4 Å². The molecule has 27 heavy (non-hydrogen) atoms. The lowest BCUT2D eigenvalue weighted by atomic mass is 9.76. The molecule has 2 aromatic rings. The summed E-state index contributed by atoms with van der Waals surface area (Å²) in [5.41, 5.74) is 2.66. The first-order valence-electron chi connectivity index (χ1n) is 8.48. The molecule has 0 spiro atoms. The molecule has 3 atom stereocenters. The molecule has 2 N–H and O–H groups in total. The third-order valence-corrected chi connectivity index (χ3v) is 5.30. The van der Waals surface area contributed by atoms with Gasteiger partial charge in [-0.2, -0.15) is 5.26 Å². The summed E-state index contributed by atoms with van der Waals surface area (Å²) in [5, 5.41) is 33.2. The summed E-state index contributed by atoms with van der Waals surface area (Å²) in [6, 6.07) is 11.4. The van der Waals surface area contributed by atoms with E-state index in [-0.39, 0.29) is 34.7 Å². The van der Waals surface area contributed by atoms with E-state index in [9.17, 15) is 20.2 Å². The number of fused-ring (bicyclic) bond motifs is 3. The van der Waals surface area contributed by atoms with Crippen molar-refractivity contribution in [3.63, 3.8) is 0 Å². The number of hydrogen-bond donors (Lipinski definition) is 2. The Morgan fingerprint density at radius 1 is 1.30 bits per heavy atom. The smallest absolute Gasteiger partial charge is 0.335 e. The fourth-order valence-corrected chi connectivity index (χ4v) is 4.04. The van der Waals surface area contributed by atoms with Crippen LogP contribution in [0.3, 0.4) is 0 Å². The van der Waals surface area contributed by atoms with Crippen molar-refractivity contribution >= 4 is 17.3 Å². The Balaban J connectivity index is 1.81. The molecule has 4 rings (SSSR count). The first-order chi connectivity index (χ1) is 13.0. The van der Waals surface area contributed by atoms with Gasteiger partial charge >= 0.3 is 5.97 Å². The lowest BCUT2D eigenvalue weighted by Gasteiger charge is -2.37. The number of non-ortho nitro benzene ring substituents is 1. The molecule has 0 amide bonds. The maximum Gasteiger partial charge on any atom is 0.335 e. The van der Waals surface area contributed by atoms with Gasteiger partial charge in [0.05, 0.1) is 27.8 Å². The van der Waals surface area contributed by atoms with Crippen LogP contribution in [0, 0.1) is 27.4 Å². The standard InChI is InChI=1S/C20H15N3O4/c21-10-13-8-14(23(26)27)9-17-15-2-1-3-16(15)18(22-19(13)17)11-4-6-12(7-5-11)20(24)25/h1-2,4-9,15-16,18,22H,3H2,(H,24,25)/t15-,16+,18+/m1/s1. The first-order valence-corrected chi connectivity index (χ1v) is 8.48. The number of carboxylic acids is 1. The molecule has 0 radical (unpaired) electrons. The lowest BCUT2D eigenvalue weighted by molar-refractivity contribution is -0.384. The number of aromatic carboxylic acids is 1. The van der Waals surface area contributed by atoms with Crippen molar-refractivity contribution in [2.75, 3.05) is 5.32 Å². The number of nitro benzene ring substituents is 1. The fourth-order valence-electron chi connectivity index (χ4n) is 4.04. The minimum absolute atomic E-state index is 0.0302. The van der Waals surface area contributed by atoms with Crippen LogP contribution < -0.4 is 5.32 Å². The largest absolute Gasteiger partial charge is 0.478 e. The van der Waals surface area contributed by atoms with Crippen molar-refractivity contribution in [3.8, 4) is 6.07 Å². The second-order valence-corrected chi connectivity index (χ2v) is 6.73.